The predicted octanol–water partition coefficient (Wildman–Crippen LogP) is 3.93. The number of rotatable bonds is 8. The van der Waals surface area contributed by atoms with Gasteiger partial charge in [-0.2, -0.15) is 0 Å². The van der Waals surface area contributed by atoms with E-state index in [-0.39, 0.29) is 5.92 Å². The third-order valence-electron chi connectivity index (χ3n) is 4.10. The molecule has 7 nitrogen and oxygen atoms in total. The maximum atomic E-state index is 12.8. The molecule has 2 rings (SSSR count). The van der Waals surface area contributed by atoms with Gasteiger partial charge in [0.2, 0.25) is 5.91 Å². The molecule has 0 aromatic heterocycles. The van der Waals surface area contributed by atoms with E-state index in [1.165, 1.54) is 0 Å². The van der Waals surface area contributed by atoms with Crippen LogP contribution in [-0.4, -0.2) is 29.1 Å². The third-order valence-corrected chi connectivity index (χ3v) is 4.63. The molecule has 0 saturated heterocycles. The molecule has 4 N–H and O–H groups in total. The number of carboxylic acids is 1. The van der Waals surface area contributed by atoms with Crippen LogP contribution in [-0.2, 0) is 9.59 Å². The van der Waals surface area contributed by atoms with Crippen molar-refractivity contribution in [2.24, 2.45) is 5.92 Å². The van der Waals surface area contributed by atoms with Crippen molar-refractivity contribution < 1.29 is 19.5 Å². The van der Waals surface area contributed by atoms with Gasteiger partial charge < -0.3 is 21.1 Å². The topological polar surface area (TPSA) is 108 Å². The molecule has 29 heavy (non-hydrogen) atoms. The zero-order chi connectivity index (χ0) is 21.4. The van der Waals surface area contributed by atoms with Gasteiger partial charge in [0.15, 0.2) is 6.04 Å². The normalized spacial score (nSPS) is 12.7. The first-order chi connectivity index (χ1) is 13.8. The lowest BCUT2D eigenvalue weighted by molar-refractivity contribution is -0.142. The van der Waals surface area contributed by atoms with E-state index in [4.69, 9.17) is 0 Å². The van der Waals surface area contributed by atoms with E-state index in [0.717, 1.165) is 4.47 Å². The van der Waals surface area contributed by atoms with E-state index in [9.17, 15) is 19.5 Å². The summed E-state index contributed by atoms with van der Waals surface area (Å²) in [5.41, 5.74) is 1.03. The molecule has 154 valence electrons. The first-order valence-electron chi connectivity index (χ1n) is 9.17. The average Bonchev–Trinajstić information content (AvgIpc) is 2.67. The molecule has 3 amide bonds. The number of aliphatic carboxylic acids is 1. The molecule has 0 heterocycles. The van der Waals surface area contributed by atoms with Crippen molar-refractivity contribution in [1.29, 1.82) is 0 Å². The van der Waals surface area contributed by atoms with Crippen molar-refractivity contribution in [1.82, 2.24) is 10.6 Å². The van der Waals surface area contributed by atoms with Gasteiger partial charge in [0.1, 0.15) is 6.04 Å². The first kappa shape index (κ1) is 22.4. The zero-order valence-corrected chi connectivity index (χ0v) is 17.8. The second-order valence-corrected chi connectivity index (χ2v) is 7.89. The zero-order valence-electron chi connectivity index (χ0n) is 16.2. The van der Waals surface area contributed by atoms with Gasteiger partial charge in [-0.3, -0.25) is 4.79 Å². The minimum atomic E-state index is -1.20. The highest BCUT2D eigenvalue weighted by Gasteiger charge is 2.28. The smallest absolute Gasteiger partial charge is 0.330 e. The number of carbonyl (C=O) groups excluding carboxylic acids is 2. The molecule has 2 aromatic carbocycles. The molecular weight excluding hydrogens is 438 g/mol. The van der Waals surface area contributed by atoms with Crippen molar-refractivity contribution in [3.63, 3.8) is 0 Å². The van der Waals surface area contributed by atoms with E-state index in [0.29, 0.717) is 17.7 Å². The predicted molar refractivity (Wildman–Crippen MR) is 115 cm³/mol. The highest BCUT2D eigenvalue weighted by atomic mass is 79.9. The van der Waals surface area contributed by atoms with E-state index < -0.39 is 30.0 Å². The number of carboxylic acid groups (broad SMARTS) is 1. The highest BCUT2D eigenvalue weighted by molar-refractivity contribution is 9.10. The van der Waals surface area contributed by atoms with E-state index in [1.807, 2.05) is 13.8 Å². The maximum absolute atomic E-state index is 12.8. The molecule has 0 spiro atoms. The maximum Gasteiger partial charge on any atom is 0.330 e. The molecule has 0 aliphatic rings. The van der Waals surface area contributed by atoms with Crippen LogP contribution in [0, 0.1) is 5.92 Å². The number of hydrogen-bond donors (Lipinski definition) is 4. The first-order valence-corrected chi connectivity index (χ1v) is 9.96. The fourth-order valence-corrected chi connectivity index (χ4v) is 3.00. The molecule has 1 unspecified atom stereocenters. The number of urea groups is 1. The standard InChI is InChI=1S/C21H24BrN3O4/c1-13(2)12-17(24-21(29)23-16-10-8-15(22)9-11-16)19(26)25-18(20(27)28)14-6-4-3-5-7-14/h3-11,13,17-18H,12H2,1-2H3,(H,25,26)(H,27,28)(H2,23,24,29)/t17-,18?/m0/s1. The molecular formula is C21H24BrN3O4. The van der Waals surface area contributed by atoms with Crippen molar-refractivity contribution >= 4 is 39.5 Å². The Bertz CT molecular complexity index is 841. The van der Waals surface area contributed by atoms with Gasteiger partial charge in [0, 0.05) is 10.2 Å². The summed E-state index contributed by atoms with van der Waals surface area (Å²) >= 11 is 3.32. The van der Waals surface area contributed by atoms with Crippen LogP contribution in [0.1, 0.15) is 31.9 Å². The average molecular weight is 462 g/mol. The Kier molecular flexibility index (Phi) is 8.21. The number of anilines is 1. The lowest BCUT2D eigenvalue weighted by Gasteiger charge is -2.23. The monoisotopic (exact) mass is 461 g/mol. The van der Waals surface area contributed by atoms with Crippen LogP contribution in [0.3, 0.4) is 0 Å². The lowest BCUT2D eigenvalue weighted by Crippen LogP contribution is -2.50. The minimum absolute atomic E-state index is 0.110. The van der Waals surface area contributed by atoms with Crippen LogP contribution in [0.4, 0.5) is 10.5 Å². The lowest BCUT2D eigenvalue weighted by atomic mass is 10.0. The van der Waals surface area contributed by atoms with E-state index in [1.54, 1.807) is 54.6 Å². The SMILES string of the molecule is CC(C)C[C@H](NC(=O)Nc1ccc(Br)cc1)C(=O)NC(C(=O)O)c1ccccc1. The van der Waals surface area contributed by atoms with Gasteiger partial charge in [-0.15, -0.1) is 0 Å². The van der Waals surface area contributed by atoms with Crippen LogP contribution < -0.4 is 16.0 Å². The minimum Gasteiger partial charge on any atom is -0.479 e. The molecule has 0 bridgehead atoms. The third kappa shape index (κ3) is 7.23. The molecule has 2 aromatic rings. The number of nitrogens with one attached hydrogen (secondary N) is 3. The molecule has 0 radical (unpaired) electrons. The van der Waals surface area contributed by atoms with E-state index >= 15 is 0 Å². The van der Waals surface area contributed by atoms with E-state index in [2.05, 4.69) is 31.9 Å². The molecule has 0 fully saturated rings. The Morgan fingerprint density at radius 3 is 2.14 bits per heavy atom. The Hall–Kier alpha value is -2.87. The van der Waals surface area contributed by atoms with Crippen molar-refractivity contribution in [3.8, 4) is 0 Å². The van der Waals surface area contributed by atoms with Gasteiger partial charge in [-0.05, 0) is 42.2 Å². The Labute approximate surface area is 178 Å². The summed E-state index contributed by atoms with van der Waals surface area (Å²) in [7, 11) is 0. The highest BCUT2D eigenvalue weighted by Crippen LogP contribution is 2.16. The van der Waals surface area contributed by atoms with Crippen LogP contribution in [0.2, 0.25) is 0 Å². The van der Waals surface area contributed by atoms with Gasteiger partial charge in [-0.1, -0.05) is 60.1 Å². The Morgan fingerprint density at radius 1 is 0.966 bits per heavy atom. The van der Waals surface area contributed by atoms with Gasteiger partial charge in [-0.25, -0.2) is 9.59 Å². The van der Waals surface area contributed by atoms with Crippen molar-refractivity contribution in [3.05, 3.63) is 64.6 Å². The summed E-state index contributed by atoms with van der Waals surface area (Å²) in [5.74, 6) is -1.62. The molecule has 2 atom stereocenters. The van der Waals surface area contributed by atoms with Gasteiger partial charge in [0.25, 0.3) is 0 Å². The second-order valence-electron chi connectivity index (χ2n) is 6.98. The largest absolute Gasteiger partial charge is 0.479 e. The number of benzene rings is 2. The van der Waals surface area contributed by atoms with Crippen LogP contribution in [0.5, 0.6) is 0 Å². The second kappa shape index (κ2) is 10.6. The van der Waals surface area contributed by atoms with Crippen LogP contribution in [0.15, 0.2) is 59.1 Å². The molecule has 0 saturated carbocycles. The van der Waals surface area contributed by atoms with Gasteiger partial charge in [0.05, 0.1) is 0 Å². The molecule has 0 aliphatic heterocycles. The number of hydrogen-bond acceptors (Lipinski definition) is 3. The summed E-state index contributed by atoms with van der Waals surface area (Å²) in [4.78, 5) is 36.8. The van der Waals surface area contributed by atoms with Crippen LogP contribution >= 0.6 is 15.9 Å². The number of carbonyl (C=O) groups is 3. The summed E-state index contributed by atoms with van der Waals surface area (Å²) < 4.78 is 0.876. The van der Waals surface area contributed by atoms with Crippen molar-refractivity contribution in [2.75, 3.05) is 5.32 Å². The fourth-order valence-electron chi connectivity index (χ4n) is 2.74. The van der Waals surface area contributed by atoms with Crippen LogP contribution in [0.25, 0.3) is 0 Å². The number of halogens is 1. The fraction of sp³-hybridized carbons (Fsp3) is 0.286. The summed E-state index contributed by atoms with van der Waals surface area (Å²) in [6.45, 7) is 3.83. The number of amides is 3. The van der Waals surface area contributed by atoms with Crippen molar-refractivity contribution in [2.45, 2.75) is 32.4 Å². The summed E-state index contributed by atoms with van der Waals surface area (Å²) in [6, 6.07) is 12.8. The Balaban J connectivity index is 2.09. The molecule has 0 aliphatic carbocycles. The quantitative estimate of drug-likeness (QED) is 0.477. The Morgan fingerprint density at radius 2 is 1.59 bits per heavy atom. The van der Waals surface area contributed by atoms with Gasteiger partial charge >= 0.3 is 12.0 Å². The summed E-state index contributed by atoms with van der Waals surface area (Å²) in [6.07, 6.45) is 0.362. The molecule has 8 heteroatoms. The summed E-state index contributed by atoms with van der Waals surface area (Å²) in [5, 5.41) is 17.4.